The van der Waals surface area contributed by atoms with Crippen molar-refractivity contribution in [2.24, 2.45) is 4.99 Å². The van der Waals surface area contributed by atoms with Gasteiger partial charge < -0.3 is 15.4 Å². The molecule has 0 aromatic heterocycles. The number of ether oxygens (including phenoxy) is 1. The van der Waals surface area contributed by atoms with Crippen LogP contribution in [-0.4, -0.2) is 60.2 Å². The maximum Gasteiger partial charge on any atom is 0.191 e. The number of hydrogen-bond donors (Lipinski definition) is 2. The van der Waals surface area contributed by atoms with Gasteiger partial charge in [0.05, 0.1) is 18.8 Å². The van der Waals surface area contributed by atoms with Crippen molar-refractivity contribution in [2.75, 3.05) is 31.9 Å². The van der Waals surface area contributed by atoms with Crippen molar-refractivity contribution in [1.29, 1.82) is 0 Å². The molecule has 2 heterocycles. The average Bonchev–Trinajstić information content (AvgIpc) is 3.18. The van der Waals surface area contributed by atoms with E-state index in [1.54, 1.807) is 0 Å². The summed E-state index contributed by atoms with van der Waals surface area (Å²) in [5.41, 5.74) is 2.61. The van der Waals surface area contributed by atoms with E-state index >= 15 is 0 Å². The van der Waals surface area contributed by atoms with Gasteiger partial charge in [0.25, 0.3) is 0 Å². The fourth-order valence-corrected chi connectivity index (χ4v) is 5.15. The van der Waals surface area contributed by atoms with E-state index in [-0.39, 0.29) is 24.0 Å². The zero-order chi connectivity index (χ0) is 19.8. The molecule has 2 saturated heterocycles. The van der Waals surface area contributed by atoms with Crippen LogP contribution in [0.25, 0.3) is 0 Å². The maximum atomic E-state index is 5.83. The fourth-order valence-electron chi connectivity index (χ4n) is 3.95. The van der Waals surface area contributed by atoms with Crippen LogP contribution in [0.1, 0.15) is 44.7 Å². The van der Waals surface area contributed by atoms with Crippen LogP contribution in [0.5, 0.6) is 0 Å². The molecule has 3 unspecified atom stereocenters. The van der Waals surface area contributed by atoms with Crippen LogP contribution in [0, 0.1) is 0 Å². The number of thioether (sulfide) groups is 1. The van der Waals surface area contributed by atoms with Crippen LogP contribution in [0.3, 0.4) is 0 Å². The summed E-state index contributed by atoms with van der Waals surface area (Å²) < 4.78 is 5.83. The molecule has 0 saturated carbocycles. The van der Waals surface area contributed by atoms with Crippen LogP contribution >= 0.6 is 35.7 Å². The van der Waals surface area contributed by atoms with Gasteiger partial charge in [-0.15, -0.1) is 24.0 Å². The van der Waals surface area contributed by atoms with Gasteiger partial charge in [0.15, 0.2) is 5.96 Å². The monoisotopic (exact) mass is 532 g/mol. The first-order valence-corrected chi connectivity index (χ1v) is 11.8. The molecule has 1 aromatic carbocycles. The zero-order valence-electron chi connectivity index (χ0n) is 18.0. The predicted molar refractivity (Wildman–Crippen MR) is 135 cm³/mol. The van der Waals surface area contributed by atoms with Gasteiger partial charge in [-0.05, 0) is 50.5 Å². The number of nitrogens with one attached hydrogen (secondary N) is 2. The van der Waals surface area contributed by atoms with Crippen molar-refractivity contribution in [1.82, 2.24) is 15.5 Å². The molecule has 29 heavy (non-hydrogen) atoms. The van der Waals surface area contributed by atoms with Gasteiger partial charge in [-0.1, -0.05) is 24.3 Å². The smallest absolute Gasteiger partial charge is 0.191 e. The topological polar surface area (TPSA) is 48.9 Å². The highest BCUT2D eigenvalue weighted by Gasteiger charge is 2.22. The second-order valence-electron chi connectivity index (χ2n) is 7.98. The van der Waals surface area contributed by atoms with Gasteiger partial charge in [0.1, 0.15) is 0 Å². The molecule has 0 amide bonds. The highest BCUT2D eigenvalue weighted by atomic mass is 127. The van der Waals surface area contributed by atoms with Gasteiger partial charge in [0, 0.05) is 38.0 Å². The molecule has 2 N–H and O–H groups in total. The predicted octanol–water partition coefficient (Wildman–Crippen LogP) is 3.86. The molecule has 0 radical (unpaired) electrons. The first kappa shape index (κ1) is 24.8. The summed E-state index contributed by atoms with van der Waals surface area (Å²) >= 11 is 2.08. The Kier molecular flexibility index (Phi) is 11.1. The number of rotatable bonds is 7. The van der Waals surface area contributed by atoms with Crippen LogP contribution in [0.4, 0.5) is 0 Å². The first-order valence-electron chi connectivity index (χ1n) is 10.7. The summed E-state index contributed by atoms with van der Waals surface area (Å²) in [4.78, 5) is 7.25. The number of morpholine rings is 1. The molecular formula is C22H37IN4OS. The molecule has 2 aliphatic rings. The van der Waals surface area contributed by atoms with Crippen LogP contribution < -0.4 is 10.6 Å². The molecule has 2 aliphatic heterocycles. The third kappa shape index (κ3) is 8.63. The van der Waals surface area contributed by atoms with E-state index in [0.29, 0.717) is 18.8 Å². The van der Waals surface area contributed by atoms with Crippen molar-refractivity contribution in [3.63, 3.8) is 0 Å². The maximum absolute atomic E-state index is 5.83. The SMILES string of the molecule is CCNC(=NCc1ccc(CN2CC(C)OC(C)C2)cc1)NCC1CCCS1.I. The Morgan fingerprint density at radius 3 is 2.45 bits per heavy atom. The first-order chi connectivity index (χ1) is 13.6. The lowest BCUT2D eigenvalue weighted by Gasteiger charge is -2.35. The van der Waals surface area contributed by atoms with Crippen molar-refractivity contribution in [3.8, 4) is 0 Å². The summed E-state index contributed by atoms with van der Waals surface area (Å²) in [5.74, 6) is 2.23. The van der Waals surface area contributed by atoms with Gasteiger partial charge in [-0.25, -0.2) is 4.99 Å². The van der Waals surface area contributed by atoms with Gasteiger partial charge in [-0.3, -0.25) is 4.90 Å². The Morgan fingerprint density at radius 1 is 1.14 bits per heavy atom. The van der Waals surface area contributed by atoms with E-state index in [1.807, 2.05) is 0 Å². The summed E-state index contributed by atoms with van der Waals surface area (Å²) in [7, 11) is 0. The standard InChI is InChI=1S/C22H36N4OS.HI/c1-4-23-22(25-13-21-6-5-11-28-21)24-12-19-7-9-20(10-8-19)16-26-14-17(2)27-18(3)15-26;/h7-10,17-18,21H,4-6,11-16H2,1-3H3,(H2,23,24,25);1H. The quantitative estimate of drug-likeness (QED) is 0.317. The van der Waals surface area contributed by atoms with Crippen molar-refractivity contribution < 1.29 is 4.74 Å². The Balaban J connectivity index is 0.00000300. The minimum absolute atomic E-state index is 0. The van der Waals surface area contributed by atoms with Gasteiger partial charge >= 0.3 is 0 Å². The minimum atomic E-state index is 0. The molecule has 3 rings (SSSR count). The largest absolute Gasteiger partial charge is 0.373 e. The Bertz CT molecular complexity index is 612. The lowest BCUT2D eigenvalue weighted by Crippen LogP contribution is -2.44. The molecule has 0 bridgehead atoms. The van der Waals surface area contributed by atoms with Crippen molar-refractivity contribution >= 4 is 41.7 Å². The number of guanidine groups is 1. The number of benzene rings is 1. The average molecular weight is 533 g/mol. The van der Waals surface area contributed by atoms with E-state index in [4.69, 9.17) is 9.73 Å². The summed E-state index contributed by atoms with van der Waals surface area (Å²) in [6, 6.07) is 8.90. The minimum Gasteiger partial charge on any atom is -0.373 e. The number of nitrogens with zero attached hydrogens (tertiary/aromatic N) is 2. The molecule has 0 spiro atoms. The highest BCUT2D eigenvalue weighted by Crippen LogP contribution is 2.25. The van der Waals surface area contributed by atoms with E-state index < -0.39 is 0 Å². The second kappa shape index (κ2) is 13.0. The third-order valence-electron chi connectivity index (χ3n) is 5.21. The lowest BCUT2D eigenvalue weighted by molar-refractivity contribution is -0.0704. The van der Waals surface area contributed by atoms with Crippen LogP contribution in [0.2, 0.25) is 0 Å². The zero-order valence-corrected chi connectivity index (χ0v) is 21.2. The Labute approximate surface area is 197 Å². The Hall–Kier alpha value is -0.510. The second-order valence-corrected chi connectivity index (χ2v) is 9.39. The number of halogens is 1. The molecule has 2 fully saturated rings. The van der Waals surface area contributed by atoms with E-state index in [1.165, 1.54) is 29.7 Å². The van der Waals surface area contributed by atoms with E-state index in [2.05, 4.69) is 72.3 Å². The van der Waals surface area contributed by atoms with Crippen LogP contribution in [-0.2, 0) is 17.8 Å². The molecular weight excluding hydrogens is 495 g/mol. The molecule has 1 aromatic rings. The molecule has 3 atom stereocenters. The molecule has 0 aliphatic carbocycles. The van der Waals surface area contributed by atoms with Crippen molar-refractivity contribution in [2.45, 2.75) is 64.2 Å². The summed E-state index contributed by atoms with van der Waals surface area (Å²) in [6.45, 7) is 12.0. The van der Waals surface area contributed by atoms with Gasteiger partial charge in [-0.2, -0.15) is 11.8 Å². The summed E-state index contributed by atoms with van der Waals surface area (Å²) in [5, 5.41) is 7.60. The number of hydrogen-bond acceptors (Lipinski definition) is 4. The highest BCUT2D eigenvalue weighted by molar-refractivity contribution is 14.0. The lowest BCUT2D eigenvalue weighted by atomic mass is 10.1. The molecule has 7 heteroatoms. The van der Waals surface area contributed by atoms with Crippen molar-refractivity contribution in [3.05, 3.63) is 35.4 Å². The summed E-state index contributed by atoms with van der Waals surface area (Å²) in [6.07, 6.45) is 3.30. The number of aliphatic imine (C=N–C) groups is 1. The van der Waals surface area contributed by atoms with E-state index in [9.17, 15) is 0 Å². The molecule has 164 valence electrons. The van der Waals surface area contributed by atoms with Crippen LogP contribution in [0.15, 0.2) is 29.3 Å². The Morgan fingerprint density at radius 2 is 1.83 bits per heavy atom. The van der Waals surface area contributed by atoms with Gasteiger partial charge in [0.2, 0.25) is 0 Å². The van der Waals surface area contributed by atoms with E-state index in [0.717, 1.165) is 43.9 Å². The molecule has 5 nitrogen and oxygen atoms in total. The third-order valence-corrected chi connectivity index (χ3v) is 6.61. The fraction of sp³-hybridized carbons (Fsp3) is 0.682. The normalized spacial score (nSPS) is 25.5.